The van der Waals surface area contributed by atoms with Gasteiger partial charge in [0, 0.05) is 6.42 Å². The Morgan fingerprint density at radius 2 is 1.30 bits per heavy atom. The highest BCUT2D eigenvalue weighted by Crippen LogP contribution is 2.13. The molecule has 0 aromatic carbocycles. The Labute approximate surface area is 143 Å². The molecule has 0 aromatic rings. The molecule has 0 heterocycles. The molecule has 0 bridgehead atoms. The van der Waals surface area contributed by atoms with Crippen molar-refractivity contribution in [2.24, 2.45) is 0 Å². The first-order valence-corrected chi connectivity index (χ1v) is 9.71. The van der Waals surface area contributed by atoms with Crippen LogP contribution >= 0.6 is 0 Å². The summed E-state index contributed by atoms with van der Waals surface area (Å²) in [6.07, 6.45) is 20.4. The van der Waals surface area contributed by atoms with Gasteiger partial charge in [-0.3, -0.25) is 4.79 Å². The molecule has 0 aliphatic carbocycles. The lowest BCUT2D eigenvalue weighted by Crippen LogP contribution is -2.04. The number of carboxylic acid groups (broad SMARTS) is 1. The van der Waals surface area contributed by atoms with Crippen molar-refractivity contribution in [1.29, 1.82) is 0 Å². The zero-order chi connectivity index (χ0) is 17.2. The summed E-state index contributed by atoms with van der Waals surface area (Å²) in [5.74, 6) is -0.671. The van der Waals surface area contributed by atoms with Crippen molar-refractivity contribution in [3.63, 3.8) is 0 Å². The Morgan fingerprint density at radius 3 is 1.78 bits per heavy atom. The van der Waals surface area contributed by atoms with E-state index in [2.05, 4.69) is 19.1 Å². The Balaban J connectivity index is 3.13. The zero-order valence-corrected chi connectivity index (χ0v) is 15.1. The average molecular weight is 327 g/mol. The van der Waals surface area contributed by atoms with Gasteiger partial charge in [-0.05, 0) is 25.7 Å². The van der Waals surface area contributed by atoms with Gasteiger partial charge in [0.05, 0.1) is 6.10 Å². The summed E-state index contributed by atoms with van der Waals surface area (Å²) in [6.45, 7) is 2.11. The van der Waals surface area contributed by atoms with Gasteiger partial charge >= 0.3 is 5.97 Å². The van der Waals surface area contributed by atoms with Crippen LogP contribution in [0.4, 0.5) is 0 Å². The SMILES string of the molecule is CCC=CCC(O)CCCCCCCCCCCCCC(=O)O. The van der Waals surface area contributed by atoms with Crippen LogP contribution in [0.5, 0.6) is 0 Å². The Hall–Kier alpha value is -0.830. The number of aliphatic carboxylic acids is 1. The van der Waals surface area contributed by atoms with Crippen molar-refractivity contribution in [3.05, 3.63) is 12.2 Å². The molecule has 0 rings (SSSR count). The molecule has 0 fully saturated rings. The quantitative estimate of drug-likeness (QED) is 0.260. The molecule has 0 aliphatic heterocycles. The van der Waals surface area contributed by atoms with E-state index in [0.717, 1.165) is 38.5 Å². The van der Waals surface area contributed by atoms with Gasteiger partial charge in [0.15, 0.2) is 0 Å². The van der Waals surface area contributed by atoms with E-state index in [4.69, 9.17) is 5.11 Å². The lowest BCUT2D eigenvalue weighted by Gasteiger charge is -2.07. The van der Waals surface area contributed by atoms with Gasteiger partial charge in [-0.15, -0.1) is 0 Å². The van der Waals surface area contributed by atoms with Gasteiger partial charge in [0.2, 0.25) is 0 Å². The summed E-state index contributed by atoms with van der Waals surface area (Å²) >= 11 is 0. The van der Waals surface area contributed by atoms with Crippen molar-refractivity contribution in [1.82, 2.24) is 0 Å². The van der Waals surface area contributed by atoms with Gasteiger partial charge < -0.3 is 10.2 Å². The van der Waals surface area contributed by atoms with E-state index < -0.39 is 5.97 Å². The van der Waals surface area contributed by atoms with Gasteiger partial charge in [0.1, 0.15) is 0 Å². The van der Waals surface area contributed by atoms with E-state index in [1.165, 1.54) is 51.4 Å². The fourth-order valence-electron chi connectivity index (χ4n) is 2.79. The minimum atomic E-state index is -0.671. The summed E-state index contributed by atoms with van der Waals surface area (Å²) in [4.78, 5) is 10.4. The highest BCUT2D eigenvalue weighted by atomic mass is 16.4. The molecular weight excluding hydrogens is 288 g/mol. The van der Waals surface area contributed by atoms with Crippen LogP contribution in [0.2, 0.25) is 0 Å². The lowest BCUT2D eigenvalue weighted by atomic mass is 10.0. The fraction of sp³-hybridized carbons (Fsp3) is 0.850. The normalized spacial score (nSPS) is 12.8. The molecule has 0 spiro atoms. The zero-order valence-electron chi connectivity index (χ0n) is 15.1. The first-order chi connectivity index (χ1) is 11.2. The predicted molar refractivity (Wildman–Crippen MR) is 97.7 cm³/mol. The highest BCUT2D eigenvalue weighted by molar-refractivity contribution is 5.66. The third-order valence-electron chi connectivity index (χ3n) is 4.24. The molecule has 0 saturated heterocycles. The minimum Gasteiger partial charge on any atom is -0.481 e. The second-order valence-corrected chi connectivity index (χ2v) is 6.59. The Morgan fingerprint density at radius 1 is 0.826 bits per heavy atom. The van der Waals surface area contributed by atoms with Crippen LogP contribution in [-0.2, 0) is 4.79 Å². The molecule has 0 aromatic heterocycles. The fourth-order valence-corrected chi connectivity index (χ4v) is 2.79. The molecular formula is C20H38O3. The summed E-state index contributed by atoms with van der Waals surface area (Å²) in [5.41, 5.74) is 0. The van der Waals surface area contributed by atoms with Gasteiger partial charge in [-0.1, -0.05) is 83.3 Å². The van der Waals surface area contributed by atoms with E-state index in [1.807, 2.05) is 0 Å². The number of hydrogen-bond acceptors (Lipinski definition) is 2. The smallest absolute Gasteiger partial charge is 0.303 e. The van der Waals surface area contributed by atoms with E-state index in [-0.39, 0.29) is 6.10 Å². The second kappa shape index (κ2) is 17.5. The van der Waals surface area contributed by atoms with Crippen LogP contribution in [0.15, 0.2) is 12.2 Å². The number of rotatable bonds is 17. The van der Waals surface area contributed by atoms with Gasteiger partial charge in [-0.25, -0.2) is 0 Å². The first kappa shape index (κ1) is 22.2. The van der Waals surface area contributed by atoms with E-state index >= 15 is 0 Å². The molecule has 0 saturated carbocycles. The third kappa shape index (κ3) is 19.1. The van der Waals surface area contributed by atoms with Gasteiger partial charge in [-0.2, -0.15) is 0 Å². The number of unbranched alkanes of at least 4 members (excludes halogenated alkanes) is 10. The van der Waals surface area contributed by atoms with Gasteiger partial charge in [0.25, 0.3) is 0 Å². The summed E-state index contributed by atoms with van der Waals surface area (Å²) in [5, 5.41) is 18.3. The topological polar surface area (TPSA) is 57.5 Å². The molecule has 0 radical (unpaired) electrons. The number of carboxylic acids is 1. The molecule has 0 aliphatic rings. The monoisotopic (exact) mass is 326 g/mol. The Bertz CT molecular complexity index is 287. The molecule has 1 atom stereocenters. The van der Waals surface area contributed by atoms with Crippen molar-refractivity contribution in [2.45, 2.75) is 109 Å². The van der Waals surface area contributed by atoms with Crippen LogP contribution in [0.1, 0.15) is 103 Å². The maximum absolute atomic E-state index is 10.4. The van der Waals surface area contributed by atoms with Crippen molar-refractivity contribution >= 4 is 5.97 Å². The van der Waals surface area contributed by atoms with E-state index in [9.17, 15) is 9.90 Å². The maximum atomic E-state index is 10.4. The standard InChI is InChI=1S/C20H38O3/c1-2-3-13-16-19(21)17-14-11-9-7-5-4-6-8-10-12-15-18-20(22)23/h3,13,19,21H,2,4-12,14-18H2,1H3,(H,22,23). The number of aliphatic hydroxyl groups is 1. The Kier molecular flexibility index (Phi) is 16.9. The van der Waals surface area contributed by atoms with E-state index in [1.54, 1.807) is 0 Å². The first-order valence-electron chi connectivity index (χ1n) is 9.71. The van der Waals surface area contributed by atoms with Crippen LogP contribution in [0.3, 0.4) is 0 Å². The molecule has 0 amide bonds. The molecule has 3 nitrogen and oxygen atoms in total. The average Bonchev–Trinajstić information content (AvgIpc) is 2.51. The second-order valence-electron chi connectivity index (χ2n) is 6.59. The molecule has 1 unspecified atom stereocenters. The number of aliphatic hydroxyl groups excluding tert-OH is 1. The van der Waals surface area contributed by atoms with Crippen molar-refractivity contribution in [3.8, 4) is 0 Å². The lowest BCUT2D eigenvalue weighted by molar-refractivity contribution is -0.137. The summed E-state index contributed by atoms with van der Waals surface area (Å²) in [7, 11) is 0. The molecule has 3 heteroatoms. The third-order valence-corrected chi connectivity index (χ3v) is 4.24. The molecule has 136 valence electrons. The summed E-state index contributed by atoms with van der Waals surface area (Å²) in [6, 6.07) is 0. The van der Waals surface area contributed by atoms with Crippen molar-refractivity contribution in [2.75, 3.05) is 0 Å². The molecule has 23 heavy (non-hydrogen) atoms. The maximum Gasteiger partial charge on any atom is 0.303 e. The number of carbonyl (C=O) groups is 1. The van der Waals surface area contributed by atoms with Crippen LogP contribution in [0, 0.1) is 0 Å². The number of hydrogen-bond donors (Lipinski definition) is 2. The summed E-state index contributed by atoms with van der Waals surface area (Å²) < 4.78 is 0. The highest BCUT2D eigenvalue weighted by Gasteiger charge is 2.01. The largest absolute Gasteiger partial charge is 0.481 e. The number of allylic oxidation sites excluding steroid dienone is 1. The van der Waals surface area contributed by atoms with Crippen LogP contribution in [0.25, 0.3) is 0 Å². The predicted octanol–water partition coefficient (Wildman–Crippen LogP) is 5.86. The molecule has 2 N–H and O–H groups in total. The minimum absolute atomic E-state index is 0.154. The van der Waals surface area contributed by atoms with Crippen LogP contribution < -0.4 is 0 Å². The van der Waals surface area contributed by atoms with Crippen LogP contribution in [-0.4, -0.2) is 22.3 Å². The van der Waals surface area contributed by atoms with E-state index in [0.29, 0.717) is 6.42 Å². The van der Waals surface area contributed by atoms with Crippen molar-refractivity contribution < 1.29 is 15.0 Å².